The lowest BCUT2D eigenvalue weighted by Crippen LogP contribution is -2.39. The van der Waals surface area contributed by atoms with Crippen molar-refractivity contribution in [3.63, 3.8) is 0 Å². The molecule has 202 valence electrons. The minimum atomic E-state index is -4.94. The molecule has 1 fully saturated rings. The summed E-state index contributed by atoms with van der Waals surface area (Å²) in [6.07, 6.45) is -5.21. The Morgan fingerprint density at radius 1 is 1.29 bits per heavy atom. The third kappa shape index (κ3) is 5.61. The van der Waals surface area contributed by atoms with Crippen LogP contribution < -0.4 is 15.6 Å². The Kier molecular flexibility index (Phi) is 7.41. The second-order valence-corrected chi connectivity index (χ2v) is 8.90. The molecule has 0 aliphatic carbocycles. The molecule has 4 rings (SSSR count). The van der Waals surface area contributed by atoms with Gasteiger partial charge in [-0.2, -0.15) is 0 Å². The molecule has 0 bridgehead atoms. The summed E-state index contributed by atoms with van der Waals surface area (Å²) in [7, 11) is 0. The second kappa shape index (κ2) is 10.3. The van der Waals surface area contributed by atoms with Crippen LogP contribution in [0.4, 0.5) is 27.8 Å². The highest BCUT2D eigenvalue weighted by atomic mass is 35.5. The molecule has 9 nitrogen and oxygen atoms in total. The fourth-order valence-electron chi connectivity index (χ4n) is 3.91. The fraction of sp³-hybridized carbons (Fsp3) is 0.304. The van der Waals surface area contributed by atoms with Crippen LogP contribution in [0.5, 0.6) is 0 Å². The predicted molar refractivity (Wildman–Crippen MR) is 124 cm³/mol. The molecule has 0 spiro atoms. The summed E-state index contributed by atoms with van der Waals surface area (Å²) in [5.74, 6) is -3.76. The number of hydrogen-bond acceptors (Lipinski definition) is 6. The number of aliphatic hydroxyl groups is 1. The van der Waals surface area contributed by atoms with Crippen LogP contribution in [0.2, 0.25) is 5.02 Å². The Morgan fingerprint density at radius 2 is 2.00 bits per heavy atom. The fourth-order valence-corrected chi connectivity index (χ4v) is 4.20. The number of benzene rings is 1. The Morgan fingerprint density at radius 3 is 2.61 bits per heavy atom. The van der Waals surface area contributed by atoms with E-state index in [1.807, 2.05) is 0 Å². The van der Waals surface area contributed by atoms with Crippen LogP contribution in [0, 0.1) is 11.6 Å². The summed E-state index contributed by atoms with van der Waals surface area (Å²) in [5.41, 5.74) is -2.28. The zero-order valence-electron chi connectivity index (χ0n) is 19.4. The summed E-state index contributed by atoms with van der Waals surface area (Å²) in [4.78, 5) is 43.7. The number of aliphatic hydroxyl groups excluding tert-OH is 1. The molecule has 15 heteroatoms. The highest BCUT2D eigenvalue weighted by Crippen LogP contribution is 2.29. The SMILES string of the molecule is CC(COC(F)(F)F)NC(=O)c1cn(-c2c(F)cc(F)cc2Cl)c2nc(N3CC(O)CC3=O)ccc2c1=O. The molecule has 2 N–H and O–H groups in total. The first-order valence-electron chi connectivity index (χ1n) is 11.0. The van der Waals surface area contributed by atoms with Gasteiger partial charge in [0.25, 0.3) is 5.91 Å². The molecule has 2 atom stereocenters. The number of nitrogens with one attached hydrogen (secondary N) is 1. The molecule has 1 aliphatic rings. The van der Waals surface area contributed by atoms with Crippen molar-refractivity contribution in [3.8, 4) is 5.69 Å². The van der Waals surface area contributed by atoms with Gasteiger partial charge in [0.05, 0.1) is 42.1 Å². The molecule has 38 heavy (non-hydrogen) atoms. The molecule has 2 unspecified atom stereocenters. The summed E-state index contributed by atoms with van der Waals surface area (Å²) in [6.45, 7) is 0.163. The Bertz CT molecular complexity index is 1470. The number of alkyl halides is 3. The largest absolute Gasteiger partial charge is 0.522 e. The molecule has 0 radical (unpaired) electrons. The number of hydrogen-bond donors (Lipinski definition) is 2. The highest BCUT2D eigenvalue weighted by Gasteiger charge is 2.32. The zero-order chi connectivity index (χ0) is 27.9. The molecule has 3 aromatic rings. The van der Waals surface area contributed by atoms with E-state index in [1.165, 1.54) is 19.1 Å². The minimum absolute atomic E-state index is 0.000894. The number of aromatic nitrogens is 2. The number of β-amino-alcohol motifs (C(OH)–C–C–N with tert-alkyl or cyclic N) is 1. The Hall–Kier alpha value is -3.62. The van der Waals surface area contributed by atoms with Crippen LogP contribution in [0.1, 0.15) is 23.7 Å². The third-order valence-corrected chi connectivity index (χ3v) is 5.85. The van der Waals surface area contributed by atoms with Gasteiger partial charge in [0, 0.05) is 12.3 Å². The van der Waals surface area contributed by atoms with Crippen molar-refractivity contribution < 1.29 is 41.4 Å². The van der Waals surface area contributed by atoms with Gasteiger partial charge >= 0.3 is 6.36 Å². The number of anilines is 1. The van der Waals surface area contributed by atoms with Gasteiger partial charge in [0.1, 0.15) is 22.9 Å². The maximum Gasteiger partial charge on any atom is 0.522 e. The van der Waals surface area contributed by atoms with Gasteiger partial charge in [-0.25, -0.2) is 13.8 Å². The van der Waals surface area contributed by atoms with E-state index in [4.69, 9.17) is 11.6 Å². The topological polar surface area (TPSA) is 114 Å². The molecular formula is C23H18ClF5N4O5. The van der Waals surface area contributed by atoms with Gasteiger partial charge in [-0.05, 0) is 25.1 Å². The number of carbonyl (C=O) groups is 2. The number of fused-ring (bicyclic) bond motifs is 1. The normalized spacial score (nSPS) is 16.8. The van der Waals surface area contributed by atoms with Gasteiger partial charge in [0.2, 0.25) is 11.3 Å². The van der Waals surface area contributed by atoms with Crippen molar-refractivity contribution >= 4 is 40.3 Å². The van der Waals surface area contributed by atoms with E-state index in [-0.39, 0.29) is 29.8 Å². The Labute approximate surface area is 215 Å². The van der Waals surface area contributed by atoms with Crippen molar-refractivity contribution in [2.24, 2.45) is 0 Å². The number of halogens is 6. The smallest absolute Gasteiger partial charge is 0.391 e. The minimum Gasteiger partial charge on any atom is -0.391 e. The Balaban J connectivity index is 1.86. The number of ether oxygens (including phenoxy) is 1. The summed E-state index contributed by atoms with van der Waals surface area (Å²) in [6, 6.07) is 2.58. The van der Waals surface area contributed by atoms with Crippen LogP contribution in [0.15, 0.2) is 35.3 Å². The zero-order valence-corrected chi connectivity index (χ0v) is 20.1. The van der Waals surface area contributed by atoms with E-state index in [0.717, 1.165) is 21.7 Å². The number of rotatable bonds is 6. The van der Waals surface area contributed by atoms with Gasteiger partial charge in [-0.1, -0.05) is 11.6 Å². The molecular weight excluding hydrogens is 543 g/mol. The van der Waals surface area contributed by atoms with Crippen LogP contribution in [-0.2, 0) is 9.53 Å². The summed E-state index contributed by atoms with van der Waals surface area (Å²) in [5, 5.41) is 11.3. The molecule has 0 saturated carbocycles. The second-order valence-electron chi connectivity index (χ2n) is 8.49. The lowest BCUT2D eigenvalue weighted by molar-refractivity contribution is -0.325. The lowest BCUT2D eigenvalue weighted by Gasteiger charge is -2.19. The molecule has 1 saturated heterocycles. The van der Waals surface area contributed by atoms with Crippen LogP contribution >= 0.6 is 11.6 Å². The van der Waals surface area contributed by atoms with E-state index in [1.54, 1.807) is 0 Å². The van der Waals surface area contributed by atoms with Crippen molar-refractivity contribution in [2.75, 3.05) is 18.1 Å². The van der Waals surface area contributed by atoms with Crippen LogP contribution in [0.3, 0.4) is 0 Å². The van der Waals surface area contributed by atoms with Crippen molar-refractivity contribution in [2.45, 2.75) is 31.9 Å². The molecule has 1 aliphatic heterocycles. The highest BCUT2D eigenvalue weighted by molar-refractivity contribution is 6.32. The number of carbonyl (C=O) groups excluding carboxylic acids is 2. The van der Waals surface area contributed by atoms with E-state index in [2.05, 4.69) is 15.0 Å². The number of nitrogens with zero attached hydrogens (tertiary/aromatic N) is 3. The molecule has 1 aromatic carbocycles. The van der Waals surface area contributed by atoms with Crippen LogP contribution in [-0.4, -0.2) is 58.1 Å². The summed E-state index contributed by atoms with van der Waals surface area (Å²) >= 11 is 6.09. The first-order chi connectivity index (χ1) is 17.7. The van der Waals surface area contributed by atoms with Crippen molar-refractivity contribution in [3.05, 3.63) is 62.9 Å². The van der Waals surface area contributed by atoms with Crippen LogP contribution in [0.25, 0.3) is 16.7 Å². The lowest BCUT2D eigenvalue weighted by atomic mass is 10.1. The van der Waals surface area contributed by atoms with E-state index >= 15 is 0 Å². The average molecular weight is 561 g/mol. The molecule has 2 aromatic heterocycles. The maximum absolute atomic E-state index is 14.9. The summed E-state index contributed by atoms with van der Waals surface area (Å²) < 4.78 is 70.3. The third-order valence-electron chi connectivity index (χ3n) is 5.56. The molecule has 3 heterocycles. The van der Waals surface area contributed by atoms with Crippen molar-refractivity contribution in [1.29, 1.82) is 0 Å². The van der Waals surface area contributed by atoms with E-state index in [0.29, 0.717) is 6.07 Å². The molecule has 2 amide bonds. The maximum atomic E-state index is 14.9. The monoisotopic (exact) mass is 560 g/mol. The number of pyridine rings is 2. The standard InChI is InChI=1S/C23H18ClF5N4O5/c1-10(9-38-23(27,28)29)30-22(37)14-8-33(19-15(24)4-11(25)5-16(19)26)21-13(20(14)36)2-3-17(31-21)32-7-12(34)6-18(32)35/h2-5,8,10,12,34H,6-7,9H2,1H3,(H,30,37). The van der Waals surface area contributed by atoms with Gasteiger partial charge in [-0.15, -0.1) is 13.2 Å². The average Bonchev–Trinajstić information content (AvgIpc) is 3.15. The van der Waals surface area contributed by atoms with Crippen molar-refractivity contribution in [1.82, 2.24) is 14.9 Å². The quantitative estimate of drug-likeness (QED) is 0.448. The first kappa shape index (κ1) is 27.4. The number of amides is 2. The predicted octanol–water partition coefficient (Wildman–Crippen LogP) is 3.07. The van der Waals surface area contributed by atoms with E-state index in [9.17, 15) is 41.4 Å². The van der Waals surface area contributed by atoms with Gasteiger partial charge < -0.3 is 10.4 Å². The van der Waals surface area contributed by atoms with Gasteiger partial charge in [0.15, 0.2) is 11.5 Å². The van der Waals surface area contributed by atoms with E-state index < -0.39 is 70.3 Å². The van der Waals surface area contributed by atoms with Gasteiger partial charge in [-0.3, -0.25) is 28.6 Å². The first-order valence-corrected chi connectivity index (χ1v) is 11.3.